The average molecular weight is 387 g/mol. The Morgan fingerprint density at radius 2 is 1.78 bits per heavy atom. The van der Waals surface area contributed by atoms with Crippen LogP contribution in [0, 0.1) is 13.8 Å². The number of fused-ring (bicyclic) bond motifs is 1. The van der Waals surface area contributed by atoms with Crippen molar-refractivity contribution in [2.24, 2.45) is 0 Å². The highest BCUT2D eigenvalue weighted by Crippen LogP contribution is 2.27. The molecule has 0 N–H and O–H groups in total. The number of rotatable bonds is 6. The summed E-state index contributed by atoms with van der Waals surface area (Å²) in [7, 11) is 3.92. The molecule has 0 spiro atoms. The van der Waals surface area contributed by atoms with E-state index >= 15 is 0 Å². The van der Waals surface area contributed by atoms with Crippen molar-refractivity contribution in [2.75, 3.05) is 27.2 Å². The molecule has 5 heteroatoms. The van der Waals surface area contributed by atoms with E-state index in [1.54, 1.807) is 0 Å². The number of ether oxygens (including phenoxy) is 1. The van der Waals surface area contributed by atoms with Gasteiger partial charge in [-0.25, -0.2) is 4.79 Å². The summed E-state index contributed by atoms with van der Waals surface area (Å²) in [6.45, 7) is 6.19. The van der Waals surface area contributed by atoms with Crippen molar-refractivity contribution in [1.82, 2.24) is 9.47 Å². The second kappa shape index (κ2) is 9.07. The Morgan fingerprint density at radius 1 is 1.07 bits per heavy atom. The lowest BCUT2D eigenvalue weighted by Crippen LogP contribution is -2.20. The van der Waals surface area contributed by atoms with Gasteiger partial charge in [-0.3, -0.25) is 0 Å². The number of nitrogens with zero attached hydrogens (tertiary/aromatic N) is 2. The predicted octanol–water partition coefficient (Wildman–Crippen LogP) is 4.45. The van der Waals surface area contributed by atoms with E-state index in [4.69, 9.17) is 4.74 Å². The average Bonchev–Trinajstić information content (AvgIpc) is 2.87. The van der Waals surface area contributed by atoms with Gasteiger partial charge < -0.3 is 14.2 Å². The van der Waals surface area contributed by atoms with Crippen molar-refractivity contribution in [3.8, 4) is 0 Å². The van der Waals surface area contributed by atoms with Crippen molar-refractivity contribution in [1.29, 1.82) is 0 Å². The van der Waals surface area contributed by atoms with Gasteiger partial charge in [0.2, 0.25) is 0 Å². The Hall–Kier alpha value is -2.30. The van der Waals surface area contributed by atoms with Crippen LogP contribution < -0.4 is 0 Å². The fraction of sp³-hybridized carbons (Fsp3) is 0.318. The lowest BCUT2D eigenvalue weighted by molar-refractivity contribution is 0.0482. The largest absolute Gasteiger partial charge is 0.461 e. The molecule has 3 rings (SSSR count). The second-order valence-corrected chi connectivity index (χ2v) is 6.95. The minimum atomic E-state index is -0.262. The maximum Gasteiger partial charge on any atom is 0.338 e. The highest BCUT2D eigenvalue weighted by Gasteiger charge is 2.15. The molecule has 0 aliphatic carbocycles. The van der Waals surface area contributed by atoms with E-state index in [0.717, 1.165) is 24.0 Å². The fourth-order valence-electron chi connectivity index (χ4n) is 3.15. The molecular weight excluding hydrogens is 360 g/mol. The molecule has 0 fully saturated rings. The van der Waals surface area contributed by atoms with Crippen molar-refractivity contribution in [3.63, 3.8) is 0 Å². The molecule has 1 aromatic heterocycles. The van der Waals surface area contributed by atoms with Gasteiger partial charge in [0.15, 0.2) is 0 Å². The SMILES string of the molecule is Cc1c(C)n(Cc2ccccc2)c2ccc(C(=O)OCCN(C)C)cc12.Cl. The van der Waals surface area contributed by atoms with E-state index in [1.807, 2.05) is 43.3 Å². The Bertz CT molecular complexity index is 917. The summed E-state index contributed by atoms with van der Waals surface area (Å²) < 4.78 is 7.68. The monoisotopic (exact) mass is 386 g/mol. The number of halogens is 1. The number of aryl methyl sites for hydroxylation is 1. The normalized spacial score (nSPS) is 10.9. The standard InChI is InChI=1S/C22H26N2O2.ClH/c1-16-17(2)24(15-18-8-6-5-7-9-18)21-11-10-19(14-20(16)21)22(25)26-13-12-23(3)4;/h5-11,14H,12-13,15H2,1-4H3;1H. The van der Waals surface area contributed by atoms with Crippen LogP contribution in [-0.2, 0) is 11.3 Å². The third-order valence-electron chi connectivity index (χ3n) is 4.83. The van der Waals surface area contributed by atoms with Gasteiger partial charge >= 0.3 is 5.97 Å². The summed E-state index contributed by atoms with van der Waals surface area (Å²) in [6, 6.07) is 16.3. The molecule has 144 valence electrons. The maximum absolute atomic E-state index is 12.3. The molecule has 27 heavy (non-hydrogen) atoms. The first-order valence-corrected chi connectivity index (χ1v) is 8.92. The van der Waals surface area contributed by atoms with Gasteiger partial charge in [0.25, 0.3) is 0 Å². The van der Waals surface area contributed by atoms with Crippen molar-refractivity contribution < 1.29 is 9.53 Å². The van der Waals surface area contributed by atoms with Crippen LogP contribution in [0.5, 0.6) is 0 Å². The summed E-state index contributed by atoms with van der Waals surface area (Å²) >= 11 is 0. The molecule has 0 aliphatic rings. The molecule has 0 aliphatic heterocycles. The third kappa shape index (κ3) is 4.71. The summed E-state index contributed by atoms with van der Waals surface area (Å²) in [5, 5.41) is 1.11. The highest BCUT2D eigenvalue weighted by molar-refractivity contribution is 5.96. The molecule has 1 heterocycles. The van der Waals surface area contributed by atoms with Gasteiger partial charge in [0.1, 0.15) is 6.61 Å². The Morgan fingerprint density at radius 3 is 2.44 bits per heavy atom. The number of carbonyl (C=O) groups is 1. The lowest BCUT2D eigenvalue weighted by Gasteiger charge is -2.10. The molecule has 0 radical (unpaired) electrons. The maximum atomic E-state index is 12.3. The Labute approximate surface area is 167 Å². The van der Waals surface area contributed by atoms with E-state index in [-0.39, 0.29) is 18.4 Å². The molecule has 2 aromatic carbocycles. The van der Waals surface area contributed by atoms with Crippen LogP contribution in [0.1, 0.15) is 27.2 Å². The van der Waals surface area contributed by atoms with E-state index in [9.17, 15) is 4.79 Å². The first-order chi connectivity index (χ1) is 12.5. The first-order valence-electron chi connectivity index (χ1n) is 8.92. The Kier molecular flexibility index (Phi) is 7.05. The first kappa shape index (κ1) is 21.0. The number of benzene rings is 2. The minimum Gasteiger partial charge on any atom is -0.461 e. The van der Waals surface area contributed by atoms with E-state index in [1.165, 1.54) is 16.8 Å². The molecule has 0 unspecified atom stereocenters. The molecule has 4 nitrogen and oxygen atoms in total. The van der Waals surface area contributed by atoms with Crippen LogP contribution in [0.4, 0.5) is 0 Å². The number of likely N-dealkylation sites (N-methyl/N-ethyl adjacent to an activating group) is 1. The van der Waals surface area contributed by atoms with Gasteiger partial charge in [-0.1, -0.05) is 30.3 Å². The molecule has 0 atom stereocenters. The lowest BCUT2D eigenvalue weighted by atomic mass is 10.1. The third-order valence-corrected chi connectivity index (χ3v) is 4.83. The number of esters is 1. The van der Waals surface area contributed by atoms with Gasteiger partial charge in [0, 0.05) is 29.7 Å². The quantitative estimate of drug-likeness (QED) is 0.587. The van der Waals surface area contributed by atoms with Gasteiger partial charge in [-0.2, -0.15) is 0 Å². The van der Waals surface area contributed by atoms with E-state index < -0.39 is 0 Å². The zero-order valence-electron chi connectivity index (χ0n) is 16.4. The van der Waals surface area contributed by atoms with Crippen LogP contribution in [0.2, 0.25) is 0 Å². The predicted molar refractivity (Wildman–Crippen MR) is 113 cm³/mol. The van der Waals surface area contributed by atoms with E-state index in [2.05, 4.69) is 42.7 Å². The van der Waals surface area contributed by atoms with Crippen molar-refractivity contribution in [3.05, 3.63) is 70.9 Å². The molecule has 0 bridgehead atoms. The van der Waals surface area contributed by atoms with Crippen LogP contribution in [0.15, 0.2) is 48.5 Å². The van der Waals surface area contributed by atoms with Gasteiger partial charge in [0.05, 0.1) is 5.56 Å². The molecule has 3 aromatic rings. The highest BCUT2D eigenvalue weighted by atomic mass is 35.5. The van der Waals surface area contributed by atoms with Crippen LogP contribution >= 0.6 is 12.4 Å². The van der Waals surface area contributed by atoms with Crippen molar-refractivity contribution >= 4 is 29.3 Å². The zero-order valence-corrected chi connectivity index (χ0v) is 17.2. The van der Waals surface area contributed by atoms with Crippen LogP contribution in [0.3, 0.4) is 0 Å². The molecular formula is C22H27ClN2O2. The fourth-order valence-corrected chi connectivity index (χ4v) is 3.15. The minimum absolute atomic E-state index is 0. The van der Waals surface area contributed by atoms with Crippen LogP contribution in [0.25, 0.3) is 10.9 Å². The van der Waals surface area contributed by atoms with Crippen molar-refractivity contribution in [2.45, 2.75) is 20.4 Å². The second-order valence-electron chi connectivity index (χ2n) is 6.95. The molecule has 0 saturated carbocycles. The number of hydrogen-bond acceptors (Lipinski definition) is 3. The van der Waals surface area contributed by atoms with Crippen LogP contribution in [-0.4, -0.2) is 42.7 Å². The summed E-state index contributed by atoms with van der Waals surface area (Å²) in [5.41, 5.74) is 5.45. The number of carbonyl (C=O) groups excluding carboxylic acids is 1. The smallest absolute Gasteiger partial charge is 0.338 e. The summed E-state index contributed by atoms with van der Waals surface area (Å²) in [5.74, 6) is -0.262. The number of aromatic nitrogens is 1. The number of hydrogen-bond donors (Lipinski definition) is 0. The topological polar surface area (TPSA) is 34.5 Å². The molecule has 0 amide bonds. The van der Waals surface area contributed by atoms with E-state index in [0.29, 0.717) is 12.2 Å². The summed E-state index contributed by atoms with van der Waals surface area (Å²) in [6.07, 6.45) is 0. The molecule has 0 saturated heterocycles. The zero-order chi connectivity index (χ0) is 18.7. The van der Waals surface area contributed by atoms with Gasteiger partial charge in [-0.15, -0.1) is 12.4 Å². The summed E-state index contributed by atoms with van der Waals surface area (Å²) in [4.78, 5) is 14.3. The Balaban J connectivity index is 0.00000261. The van der Waals surface area contributed by atoms with Gasteiger partial charge in [-0.05, 0) is 57.3 Å².